The summed E-state index contributed by atoms with van der Waals surface area (Å²) in [6.07, 6.45) is -2.38. The lowest BCUT2D eigenvalue weighted by Crippen LogP contribution is -2.13. The zero-order chi connectivity index (χ0) is 16.0. The number of hydrogen-bond acceptors (Lipinski definition) is 3. The summed E-state index contributed by atoms with van der Waals surface area (Å²) in [5.74, 6) is -2.26. The second-order valence-electron chi connectivity index (χ2n) is 4.86. The summed E-state index contributed by atoms with van der Waals surface area (Å²) in [4.78, 5) is 11.4. The number of benzene rings is 2. The molecule has 2 unspecified atom stereocenters. The Labute approximate surface area is 129 Å². The summed E-state index contributed by atoms with van der Waals surface area (Å²) in [7, 11) is 0. The molecule has 4 nitrogen and oxygen atoms in total. The molecule has 114 valence electrons. The van der Waals surface area contributed by atoms with Gasteiger partial charge in [-0.3, -0.25) is 4.79 Å². The third-order valence-electron chi connectivity index (χ3n) is 3.51. The van der Waals surface area contributed by atoms with E-state index in [4.69, 9.17) is 22.1 Å². The number of carbonyl (C=O) groups excluding carboxylic acids is 1. The number of halogens is 3. The van der Waals surface area contributed by atoms with Crippen molar-refractivity contribution in [3.63, 3.8) is 0 Å². The lowest BCUT2D eigenvalue weighted by molar-refractivity contribution is 0.0653. The number of ether oxygens (including phenoxy) is 1. The molecule has 0 bridgehead atoms. The molecule has 2 aromatic carbocycles. The van der Waals surface area contributed by atoms with E-state index in [1.165, 1.54) is 18.2 Å². The van der Waals surface area contributed by atoms with Crippen LogP contribution in [0.4, 0.5) is 8.78 Å². The maximum absolute atomic E-state index is 13.9. The highest BCUT2D eigenvalue weighted by Crippen LogP contribution is 2.47. The number of aliphatic hydroxyl groups is 1. The molecule has 1 aliphatic rings. The summed E-state index contributed by atoms with van der Waals surface area (Å²) in [6.45, 7) is 0. The minimum atomic E-state index is -1.36. The zero-order valence-electron chi connectivity index (χ0n) is 11.0. The molecular weight excluding hydrogens is 316 g/mol. The van der Waals surface area contributed by atoms with Crippen LogP contribution in [0.25, 0.3) is 0 Å². The van der Waals surface area contributed by atoms with Crippen molar-refractivity contribution in [2.75, 3.05) is 0 Å². The molecule has 3 N–H and O–H groups in total. The first kappa shape index (κ1) is 14.7. The Morgan fingerprint density at radius 3 is 2.55 bits per heavy atom. The molecule has 1 amide bonds. The molecule has 1 heterocycles. The minimum absolute atomic E-state index is 0.0360. The fourth-order valence-corrected chi connectivity index (χ4v) is 2.64. The molecule has 0 radical (unpaired) electrons. The van der Waals surface area contributed by atoms with Gasteiger partial charge in [0, 0.05) is 0 Å². The van der Waals surface area contributed by atoms with Crippen molar-refractivity contribution in [3.05, 3.63) is 63.7 Å². The Hall–Kier alpha value is -2.18. The molecule has 0 aliphatic carbocycles. The van der Waals surface area contributed by atoms with Gasteiger partial charge in [0.25, 0.3) is 5.91 Å². The first-order valence-electron chi connectivity index (χ1n) is 6.32. The molecule has 0 fully saturated rings. The normalized spacial score (nSPS) is 19.6. The van der Waals surface area contributed by atoms with Crippen molar-refractivity contribution in [2.45, 2.75) is 12.2 Å². The summed E-state index contributed by atoms with van der Waals surface area (Å²) >= 11 is 5.70. The predicted molar refractivity (Wildman–Crippen MR) is 74.7 cm³/mol. The Morgan fingerprint density at radius 1 is 1.23 bits per heavy atom. The number of rotatable bonds is 2. The van der Waals surface area contributed by atoms with E-state index >= 15 is 0 Å². The van der Waals surface area contributed by atoms with Crippen LogP contribution in [0.1, 0.15) is 33.7 Å². The molecule has 2 aromatic rings. The average Bonchev–Trinajstić information content (AvgIpc) is 2.80. The van der Waals surface area contributed by atoms with Gasteiger partial charge in [-0.15, -0.1) is 0 Å². The van der Waals surface area contributed by atoms with Gasteiger partial charge in [-0.05, 0) is 29.8 Å². The van der Waals surface area contributed by atoms with Crippen LogP contribution in [-0.2, 0) is 0 Å². The maximum Gasteiger partial charge on any atom is 0.252 e. The SMILES string of the molecule is NC(=O)c1ccc(F)c2c1OC(c1ccc(F)c(Cl)c1)C2O. The predicted octanol–water partition coefficient (Wildman–Crippen LogP) is 2.88. The van der Waals surface area contributed by atoms with Gasteiger partial charge >= 0.3 is 0 Å². The van der Waals surface area contributed by atoms with Crippen LogP contribution in [-0.4, -0.2) is 11.0 Å². The number of carbonyl (C=O) groups is 1. The molecule has 0 aromatic heterocycles. The van der Waals surface area contributed by atoms with E-state index in [0.29, 0.717) is 5.56 Å². The van der Waals surface area contributed by atoms with Crippen molar-refractivity contribution in [1.29, 1.82) is 0 Å². The Morgan fingerprint density at radius 2 is 1.91 bits per heavy atom. The highest BCUT2D eigenvalue weighted by atomic mass is 35.5. The van der Waals surface area contributed by atoms with Crippen LogP contribution < -0.4 is 10.5 Å². The number of nitrogens with two attached hydrogens (primary N) is 1. The van der Waals surface area contributed by atoms with E-state index in [9.17, 15) is 18.7 Å². The quantitative estimate of drug-likeness (QED) is 0.891. The number of aliphatic hydroxyl groups excluding tert-OH is 1. The fraction of sp³-hybridized carbons (Fsp3) is 0.133. The Balaban J connectivity index is 2.08. The molecule has 0 spiro atoms. The Bertz CT molecular complexity index is 782. The summed E-state index contributed by atoms with van der Waals surface area (Å²) in [5.41, 5.74) is 5.38. The summed E-state index contributed by atoms with van der Waals surface area (Å²) in [6, 6.07) is 5.97. The number of hydrogen-bond donors (Lipinski definition) is 2. The van der Waals surface area contributed by atoms with Crippen LogP contribution in [0, 0.1) is 11.6 Å². The van der Waals surface area contributed by atoms with E-state index in [-0.39, 0.29) is 21.9 Å². The van der Waals surface area contributed by atoms with Crippen LogP contribution in [0.2, 0.25) is 5.02 Å². The van der Waals surface area contributed by atoms with Gasteiger partial charge in [-0.2, -0.15) is 0 Å². The van der Waals surface area contributed by atoms with Crippen LogP contribution in [0.5, 0.6) is 5.75 Å². The standard InChI is InChI=1S/C15H10ClF2NO3/c16-8-5-6(1-3-9(8)17)13-12(20)11-10(18)4-2-7(15(19)21)14(11)22-13/h1-5,12-13,20H,(H2,19,21). The monoisotopic (exact) mass is 325 g/mol. The van der Waals surface area contributed by atoms with Gasteiger partial charge in [-0.1, -0.05) is 17.7 Å². The lowest BCUT2D eigenvalue weighted by atomic mass is 9.98. The zero-order valence-corrected chi connectivity index (χ0v) is 11.8. The highest BCUT2D eigenvalue weighted by Gasteiger charge is 2.39. The van der Waals surface area contributed by atoms with E-state index in [2.05, 4.69) is 0 Å². The highest BCUT2D eigenvalue weighted by molar-refractivity contribution is 6.30. The van der Waals surface area contributed by atoms with Gasteiger partial charge in [0.05, 0.1) is 16.1 Å². The van der Waals surface area contributed by atoms with Crippen molar-refractivity contribution >= 4 is 17.5 Å². The number of fused-ring (bicyclic) bond motifs is 1. The minimum Gasteiger partial charge on any atom is -0.481 e. The van der Waals surface area contributed by atoms with Crippen molar-refractivity contribution in [1.82, 2.24) is 0 Å². The molecule has 2 atom stereocenters. The smallest absolute Gasteiger partial charge is 0.252 e. The molecule has 1 aliphatic heterocycles. The fourth-order valence-electron chi connectivity index (χ4n) is 2.45. The lowest BCUT2D eigenvalue weighted by Gasteiger charge is -2.15. The third-order valence-corrected chi connectivity index (χ3v) is 3.80. The van der Waals surface area contributed by atoms with Crippen LogP contribution in [0.15, 0.2) is 30.3 Å². The van der Waals surface area contributed by atoms with Crippen LogP contribution in [0.3, 0.4) is 0 Å². The topological polar surface area (TPSA) is 72.6 Å². The number of amides is 1. The third kappa shape index (κ3) is 2.20. The van der Waals surface area contributed by atoms with Gasteiger partial charge in [0.1, 0.15) is 23.5 Å². The largest absolute Gasteiger partial charge is 0.481 e. The van der Waals surface area contributed by atoms with Gasteiger partial charge < -0.3 is 15.6 Å². The second-order valence-corrected chi connectivity index (χ2v) is 5.27. The maximum atomic E-state index is 13.9. The summed E-state index contributed by atoms with van der Waals surface area (Å²) < 4.78 is 32.7. The molecule has 7 heteroatoms. The first-order valence-corrected chi connectivity index (χ1v) is 6.70. The van der Waals surface area contributed by atoms with Gasteiger partial charge in [0.15, 0.2) is 6.10 Å². The van der Waals surface area contributed by atoms with Crippen molar-refractivity contribution < 1.29 is 23.4 Å². The molecule has 3 rings (SSSR count). The van der Waals surface area contributed by atoms with Gasteiger partial charge in [-0.25, -0.2) is 8.78 Å². The van der Waals surface area contributed by atoms with Crippen molar-refractivity contribution in [2.24, 2.45) is 5.73 Å². The van der Waals surface area contributed by atoms with E-state index < -0.39 is 29.7 Å². The van der Waals surface area contributed by atoms with Crippen molar-refractivity contribution in [3.8, 4) is 5.75 Å². The first-order chi connectivity index (χ1) is 10.4. The molecular formula is C15H10ClF2NO3. The Kier molecular flexibility index (Phi) is 3.50. The van der Waals surface area contributed by atoms with E-state index in [0.717, 1.165) is 12.1 Å². The van der Waals surface area contributed by atoms with E-state index in [1.54, 1.807) is 0 Å². The van der Waals surface area contributed by atoms with Crippen LogP contribution >= 0.6 is 11.6 Å². The molecule has 22 heavy (non-hydrogen) atoms. The average molecular weight is 326 g/mol. The van der Waals surface area contributed by atoms with Gasteiger partial charge in [0.2, 0.25) is 0 Å². The molecule has 0 saturated carbocycles. The van der Waals surface area contributed by atoms with E-state index in [1.807, 2.05) is 0 Å². The number of primary amides is 1. The summed E-state index contributed by atoms with van der Waals surface area (Å²) in [5, 5.41) is 10.1. The molecule has 0 saturated heterocycles. The second kappa shape index (κ2) is 5.23.